The molecule has 2 unspecified atom stereocenters. The van der Waals surface area contributed by atoms with E-state index < -0.39 is 0 Å². The van der Waals surface area contributed by atoms with Gasteiger partial charge in [-0.15, -0.1) is 0 Å². The van der Waals surface area contributed by atoms with Crippen molar-refractivity contribution < 1.29 is 4.39 Å². The average molecular weight is 259 g/mol. The molecule has 78 valence electrons. The Bertz CT molecular complexity index is 268. The summed E-state index contributed by atoms with van der Waals surface area (Å²) in [5, 5.41) is 0. The number of benzene rings is 1. The molecule has 1 aromatic carbocycles. The van der Waals surface area contributed by atoms with Crippen LogP contribution in [0, 0.1) is 5.82 Å². The van der Waals surface area contributed by atoms with Crippen molar-refractivity contribution in [2.24, 2.45) is 0 Å². The van der Waals surface area contributed by atoms with E-state index in [4.69, 9.17) is 0 Å². The molecule has 0 fully saturated rings. The lowest BCUT2D eigenvalue weighted by Gasteiger charge is -2.20. The van der Waals surface area contributed by atoms with Crippen molar-refractivity contribution in [3.05, 3.63) is 35.6 Å². The van der Waals surface area contributed by atoms with Crippen molar-refractivity contribution in [2.45, 2.75) is 37.4 Å². The molecule has 0 bridgehead atoms. The minimum Gasteiger partial charge on any atom is -0.207 e. The first-order valence-electron chi connectivity index (χ1n) is 5.08. The molecule has 1 rings (SSSR count). The Balaban J connectivity index is 2.84. The van der Waals surface area contributed by atoms with Gasteiger partial charge < -0.3 is 0 Å². The maximum atomic E-state index is 12.7. The van der Waals surface area contributed by atoms with Crippen LogP contribution in [0.2, 0.25) is 0 Å². The van der Waals surface area contributed by atoms with Crippen LogP contribution >= 0.6 is 15.9 Å². The Morgan fingerprint density at radius 2 is 1.71 bits per heavy atom. The molecular formula is C12H16BrF. The second-order valence-electron chi connectivity index (χ2n) is 3.49. The zero-order valence-electron chi connectivity index (χ0n) is 8.63. The summed E-state index contributed by atoms with van der Waals surface area (Å²) in [5.74, 6) is 0.326. The highest BCUT2D eigenvalue weighted by Crippen LogP contribution is 2.30. The summed E-state index contributed by atoms with van der Waals surface area (Å²) in [6.45, 7) is 4.32. The molecule has 0 saturated heterocycles. The summed E-state index contributed by atoms with van der Waals surface area (Å²) in [6.07, 6.45) is 2.17. The van der Waals surface area contributed by atoms with E-state index in [9.17, 15) is 4.39 Å². The molecule has 0 aliphatic rings. The highest BCUT2D eigenvalue weighted by molar-refractivity contribution is 9.09. The van der Waals surface area contributed by atoms with Gasteiger partial charge in [0, 0.05) is 4.83 Å². The van der Waals surface area contributed by atoms with Crippen molar-refractivity contribution in [3.8, 4) is 0 Å². The molecule has 0 nitrogen and oxygen atoms in total. The number of alkyl halides is 1. The van der Waals surface area contributed by atoms with Gasteiger partial charge in [0.2, 0.25) is 0 Å². The molecule has 2 atom stereocenters. The van der Waals surface area contributed by atoms with Gasteiger partial charge in [-0.05, 0) is 36.5 Å². The highest BCUT2D eigenvalue weighted by Gasteiger charge is 2.16. The Morgan fingerprint density at radius 3 is 2.14 bits per heavy atom. The first-order chi connectivity index (χ1) is 6.69. The van der Waals surface area contributed by atoms with Gasteiger partial charge >= 0.3 is 0 Å². The van der Waals surface area contributed by atoms with Crippen LogP contribution in [-0.2, 0) is 0 Å². The molecule has 0 heterocycles. The summed E-state index contributed by atoms with van der Waals surface area (Å²) in [5.41, 5.74) is 1.22. The molecule has 0 amide bonds. The third-order valence-electron chi connectivity index (χ3n) is 2.56. The zero-order valence-corrected chi connectivity index (χ0v) is 10.2. The van der Waals surface area contributed by atoms with Crippen LogP contribution in [0.5, 0.6) is 0 Å². The number of hydrogen-bond acceptors (Lipinski definition) is 0. The summed E-state index contributed by atoms with van der Waals surface area (Å²) in [4.78, 5) is 0.484. The Kier molecular flexibility index (Phi) is 4.59. The third-order valence-corrected chi connectivity index (χ3v) is 3.85. The molecule has 14 heavy (non-hydrogen) atoms. The van der Waals surface area contributed by atoms with Gasteiger partial charge in [0.25, 0.3) is 0 Å². The van der Waals surface area contributed by atoms with E-state index in [0.717, 1.165) is 12.8 Å². The summed E-state index contributed by atoms with van der Waals surface area (Å²) < 4.78 is 12.7. The predicted molar refractivity (Wildman–Crippen MR) is 62.4 cm³/mol. The van der Waals surface area contributed by atoms with Crippen molar-refractivity contribution in [1.82, 2.24) is 0 Å². The van der Waals surface area contributed by atoms with Gasteiger partial charge in [0.05, 0.1) is 0 Å². The quantitative estimate of drug-likeness (QED) is 0.699. The van der Waals surface area contributed by atoms with E-state index >= 15 is 0 Å². The molecule has 0 aliphatic carbocycles. The summed E-state index contributed by atoms with van der Waals surface area (Å²) >= 11 is 3.66. The molecule has 0 N–H and O–H groups in total. The van der Waals surface area contributed by atoms with Crippen LogP contribution in [0.3, 0.4) is 0 Å². The Morgan fingerprint density at radius 1 is 1.14 bits per heavy atom. The Labute approximate surface area is 93.7 Å². The third kappa shape index (κ3) is 2.81. The van der Waals surface area contributed by atoms with Gasteiger partial charge in [-0.25, -0.2) is 4.39 Å². The number of halogens is 2. The molecule has 0 aliphatic heterocycles. The van der Waals surface area contributed by atoms with E-state index in [0.29, 0.717) is 10.7 Å². The summed E-state index contributed by atoms with van der Waals surface area (Å²) in [6, 6.07) is 6.83. The normalized spacial score (nSPS) is 15.1. The standard InChI is InChI=1S/C12H16BrF/c1-3-11(12(13)4-2)9-5-7-10(14)8-6-9/h5-8,11-12H,3-4H2,1-2H3. The van der Waals surface area contributed by atoms with Crippen molar-refractivity contribution in [2.75, 3.05) is 0 Å². The van der Waals surface area contributed by atoms with Gasteiger partial charge in [0.15, 0.2) is 0 Å². The van der Waals surface area contributed by atoms with E-state index in [2.05, 4.69) is 29.8 Å². The number of rotatable bonds is 4. The van der Waals surface area contributed by atoms with Crippen LogP contribution in [0.15, 0.2) is 24.3 Å². The number of hydrogen-bond donors (Lipinski definition) is 0. The van der Waals surface area contributed by atoms with Crippen molar-refractivity contribution >= 4 is 15.9 Å². The summed E-state index contributed by atoms with van der Waals surface area (Å²) in [7, 11) is 0. The van der Waals surface area contributed by atoms with Crippen molar-refractivity contribution in [3.63, 3.8) is 0 Å². The Hall–Kier alpha value is -0.370. The molecule has 0 aromatic heterocycles. The minimum absolute atomic E-state index is 0.161. The van der Waals surface area contributed by atoms with Gasteiger partial charge in [-0.3, -0.25) is 0 Å². The molecule has 2 heteroatoms. The van der Waals surface area contributed by atoms with Crippen LogP contribution in [0.1, 0.15) is 38.2 Å². The smallest absolute Gasteiger partial charge is 0.123 e. The van der Waals surface area contributed by atoms with E-state index in [1.165, 1.54) is 17.7 Å². The van der Waals surface area contributed by atoms with Crippen molar-refractivity contribution in [1.29, 1.82) is 0 Å². The largest absolute Gasteiger partial charge is 0.207 e. The molecule has 0 radical (unpaired) electrons. The van der Waals surface area contributed by atoms with E-state index in [1.54, 1.807) is 0 Å². The van der Waals surface area contributed by atoms with Crippen LogP contribution in [0.4, 0.5) is 4.39 Å². The van der Waals surface area contributed by atoms with E-state index in [-0.39, 0.29) is 5.82 Å². The first-order valence-corrected chi connectivity index (χ1v) is 6.00. The second kappa shape index (κ2) is 5.50. The van der Waals surface area contributed by atoms with Gasteiger partial charge in [-0.1, -0.05) is 41.9 Å². The zero-order chi connectivity index (χ0) is 10.6. The first kappa shape index (κ1) is 11.7. The van der Waals surface area contributed by atoms with Gasteiger partial charge in [-0.2, -0.15) is 0 Å². The maximum Gasteiger partial charge on any atom is 0.123 e. The minimum atomic E-state index is -0.161. The van der Waals surface area contributed by atoms with Crippen LogP contribution < -0.4 is 0 Å². The lowest BCUT2D eigenvalue weighted by Crippen LogP contribution is -2.10. The van der Waals surface area contributed by atoms with Crippen LogP contribution in [-0.4, -0.2) is 4.83 Å². The molecular weight excluding hydrogens is 243 g/mol. The maximum absolute atomic E-state index is 12.7. The SMILES string of the molecule is CCC(Br)C(CC)c1ccc(F)cc1. The fourth-order valence-corrected chi connectivity index (χ4v) is 2.37. The molecule has 0 spiro atoms. The average Bonchev–Trinajstić information content (AvgIpc) is 2.21. The second-order valence-corrected chi connectivity index (χ2v) is 4.67. The highest BCUT2D eigenvalue weighted by atomic mass is 79.9. The fourth-order valence-electron chi connectivity index (χ4n) is 1.69. The lowest BCUT2D eigenvalue weighted by molar-refractivity contribution is 0.607. The van der Waals surface area contributed by atoms with Crippen LogP contribution in [0.25, 0.3) is 0 Å². The topological polar surface area (TPSA) is 0 Å². The molecule has 1 aromatic rings. The lowest BCUT2D eigenvalue weighted by atomic mass is 9.92. The van der Waals surface area contributed by atoms with E-state index in [1.807, 2.05) is 12.1 Å². The van der Waals surface area contributed by atoms with Gasteiger partial charge in [0.1, 0.15) is 5.82 Å². The monoisotopic (exact) mass is 258 g/mol. The molecule has 0 saturated carbocycles. The fraction of sp³-hybridized carbons (Fsp3) is 0.500. The predicted octanol–water partition coefficient (Wildman–Crippen LogP) is 4.49.